The highest BCUT2D eigenvalue weighted by atomic mass is 32.2. The monoisotopic (exact) mass is 272 g/mol. The van der Waals surface area contributed by atoms with Gasteiger partial charge < -0.3 is 5.43 Å². The number of hydrogen-bond acceptors (Lipinski definition) is 5. The van der Waals surface area contributed by atoms with Gasteiger partial charge in [-0.2, -0.15) is 4.31 Å². The average Bonchev–Trinajstić information content (AvgIpc) is 2.38. The zero-order chi connectivity index (χ0) is 13.6. The maximum atomic E-state index is 12.4. The third-order valence-corrected chi connectivity index (χ3v) is 4.36. The second-order valence-electron chi connectivity index (χ2n) is 3.93. The SMILES string of the molecule is CCCN(CCC)S(=O)(=O)c1ccnc(NN)c1. The van der Waals surface area contributed by atoms with Crippen molar-refractivity contribution in [3.05, 3.63) is 18.3 Å². The third-order valence-electron chi connectivity index (χ3n) is 2.46. The third kappa shape index (κ3) is 3.41. The molecule has 7 heteroatoms. The molecule has 0 aliphatic heterocycles. The maximum absolute atomic E-state index is 12.4. The van der Waals surface area contributed by atoms with Crippen molar-refractivity contribution in [3.8, 4) is 0 Å². The quantitative estimate of drug-likeness (QED) is 0.575. The second kappa shape index (κ2) is 6.67. The molecular weight excluding hydrogens is 252 g/mol. The molecule has 0 aliphatic carbocycles. The molecule has 0 aliphatic rings. The van der Waals surface area contributed by atoms with Crippen LogP contribution >= 0.6 is 0 Å². The van der Waals surface area contributed by atoms with Crippen molar-refractivity contribution in [2.24, 2.45) is 5.84 Å². The van der Waals surface area contributed by atoms with Crippen molar-refractivity contribution in [1.29, 1.82) is 0 Å². The molecule has 1 aromatic heterocycles. The van der Waals surface area contributed by atoms with Gasteiger partial charge in [-0.05, 0) is 18.9 Å². The van der Waals surface area contributed by atoms with Crippen LogP contribution in [-0.2, 0) is 10.0 Å². The lowest BCUT2D eigenvalue weighted by Crippen LogP contribution is -2.32. The van der Waals surface area contributed by atoms with E-state index in [1.54, 1.807) is 0 Å². The molecule has 0 amide bonds. The van der Waals surface area contributed by atoms with Gasteiger partial charge in [-0.3, -0.25) is 0 Å². The molecule has 3 N–H and O–H groups in total. The molecule has 1 aromatic rings. The molecule has 6 nitrogen and oxygen atoms in total. The van der Waals surface area contributed by atoms with Crippen LogP contribution in [0.2, 0.25) is 0 Å². The molecule has 0 bridgehead atoms. The van der Waals surface area contributed by atoms with Crippen molar-refractivity contribution >= 4 is 15.8 Å². The minimum Gasteiger partial charge on any atom is -0.308 e. The molecule has 0 atom stereocenters. The Balaban J connectivity index is 3.08. The van der Waals surface area contributed by atoms with Crippen molar-refractivity contribution in [1.82, 2.24) is 9.29 Å². The minimum absolute atomic E-state index is 0.215. The highest BCUT2D eigenvalue weighted by Gasteiger charge is 2.23. The fraction of sp³-hybridized carbons (Fsp3) is 0.545. The first-order chi connectivity index (χ1) is 8.56. The van der Waals surface area contributed by atoms with Crippen LogP contribution in [0.25, 0.3) is 0 Å². The summed E-state index contributed by atoms with van der Waals surface area (Å²) >= 11 is 0. The van der Waals surface area contributed by atoms with Crippen LogP contribution in [0.4, 0.5) is 5.82 Å². The summed E-state index contributed by atoms with van der Waals surface area (Å²) in [6, 6.07) is 2.92. The lowest BCUT2D eigenvalue weighted by molar-refractivity contribution is 0.410. The standard InChI is InChI=1S/C11H20N4O2S/c1-3-7-15(8-4-2)18(16,17)10-5-6-13-11(9-10)14-12/h5-6,9H,3-4,7-8,12H2,1-2H3,(H,13,14). The number of hydrazine groups is 1. The molecular formula is C11H20N4O2S. The van der Waals surface area contributed by atoms with Crippen LogP contribution in [0.5, 0.6) is 0 Å². The van der Waals surface area contributed by atoms with Gasteiger partial charge in [-0.1, -0.05) is 13.8 Å². The van der Waals surface area contributed by atoms with Crippen LogP contribution in [-0.4, -0.2) is 30.8 Å². The maximum Gasteiger partial charge on any atom is 0.243 e. The van der Waals surface area contributed by atoms with Crippen LogP contribution in [0.3, 0.4) is 0 Å². The molecule has 102 valence electrons. The van der Waals surface area contributed by atoms with Crippen molar-refractivity contribution < 1.29 is 8.42 Å². The second-order valence-corrected chi connectivity index (χ2v) is 5.86. The van der Waals surface area contributed by atoms with Gasteiger partial charge in [-0.25, -0.2) is 19.2 Å². The Kier molecular flexibility index (Phi) is 5.52. The van der Waals surface area contributed by atoms with Crippen LogP contribution in [0.15, 0.2) is 23.2 Å². The summed E-state index contributed by atoms with van der Waals surface area (Å²) in [5.41, 5.74) is 2.35. The van der Waals surface area contributed by atoms with E-state index < -0.39 is 10.0 Å². The molecule has 0 saturated heterocycles. The largest absolute Gasteiger partial charge is 0.308 e. The summed E-state index contributed by atoms with van der Waals surface area (Å²) in [5.74, 6) is 5.57. The van der Waals surface area contributed by atoms with E-state index in [9.17, 15) is 8.42 Å². The number of pyridine rings is 1. The number of nitrogens with two attached hydrogens (primary N) is 1. The van der Waals surface area contributed by atoms with Gasteiger partial charge in [0.2, 0.25) is 10.0 Å². The van der Waals surface area contributed by atoms with E-state index in [2.05, 4.69) is 10.4 Å². The Labute approximate surface area is 108 Å². The summed E-state index contributed by atoms with van der Waals surface area (Å²) in [4.78, 5) is 4.12. The van der Waals surface area contributed by atoms with Crippen LogP contribution in [0, 0.1) is 0 Å². The summed E-state index contributed by atoms with van der Waals surface area (Å²) in [5, 5.41) is 0. The van der Waals surface area contributed by atoms with E-state index in [4.69, 9.17) is 5.84 Å². The number of nitrogens with one attached hydrogen (secondary N) is 1. The number of hydrogen-bond donors (Lipinski definition) is 2. The fourth-order valence-electron chi connectivity index (χ4n) is 1.65. The number of aromatic nitrogens is 1. The van der Waals surface area contributed by atoms with E-state index >= 15 is 0 Å². The predicted octanol–water partition coefficient (Wildman–Crippen LogP) is 1.18. The molecule has 18 heavy (non-hydrogen) atoms. The normalized spacial score (nSPS) is 11.8. The lowest BCUT2D eigenvalue weighted by atomic mass is 10.4. The Morgan fingerprint density at radius 1 is 1.33 bits per heavy atom. The van der Waals surface area contributed by atoms with E-state index in [1.165, 1.54) is 22.6 Å². The molecule has 0 fully saturated rings. The number of nitrogen functional groups attached to an aromatic ring is 1. The first-order valence-corrected chi connectivity index (χ1v) is 7.43. The van der Waals surface area contributed by atoms with Gasteiger partial charge in [0.25, 0.3) is 0 Å². The number of anilines is 1. The van der Waals surface area contributed by atoms with E-state index in [0.29, 0.717) is 18.9 Å². The zero-order valence-corrected chi connectivity index (χ0v) is 11.6. The van der Waals surface area contributed by atoms with Gasteiger partial charge in [0.15, 0.2) is 0 Å². The van der Waals surface area contributed by atoms with Crippen LogP contribution < -0.4 is 11.3 Å². The van der Waals surface area contributed by atoms with Gasteiger partial charge in [-0.15, -0.1) is 0 Å². The fourth-order valence-corrected chi connectivity index (χ4v) is 3.29. The molecule has 0 saturated carbocycles. The predicted molar refractivity (Wildman–Crippen MR) is 71.4 cm³/mol. The Morgan fingerprint density at radius 3 is 2.44 bits per heavy atom. The summed E-state index contributed by atoms with van der Waals surface area (Å²) in [6.45, 7) is 4.95. The highest BCUT2D eigenvalue weighted by Crippen LogP contribution is 2.18. The highest BCUT2D eigenvalue weighted by molar-refractivity contribution is 7.89. The van der Waals surface area contributed by atoms with Gasteiger partial charge in [0, 0.05) is 25.4 Å². The summed E-state index contributed by atoms with van der Waals surface area (Å²) < 4.78 is 26.3. The molecule has 1 rings (SSSR count). The first kappa shape index (κ1) is 14.9. The van der Waals surface area contributed by atoms with Gasteiger partial charge in [0.05, 0.1) is 4.90 Å². The Morgan fingerprint density at radius 2 is 1.94 bits per heavy atom. The number of rotatable bonds is 7. The van der Waals surface area contributed by atoms with E-state index in [1.807, 2.05) is 13.8 Å². The molecule has 0 radical (unpaired) electrons. The molecule has 0 aromatic carbocycles. The molecule has 0 unspecified atom stereocenters. The van der Waals surface area contributed by atoms with Crippen molar-refractivity contribution in [2.45, 2.75) is 31.6 Å². The van der Waals surface area contributed by atoms with E-state index in [0.717, 1.165) is 12.8 Å². The average molecular weight is 272 g/mol. The molecule has 1 heterocycles. The van der Waals surface area contributed by atoms with Crippen molar-refractivity contribution in [3.63, 3.8) is 0 Å². The Hall–Kier alpha value is -1.18. The Bertz CT molecular complexity index is 470. The topological polar surface area (TPSA) is 88.3 Å². The van der Waals surface area contributed by atoms with Gasteiger partial charge >= 0.3 is 0 Å². The lowest BCUT2D eigenvalue weighted by Gasteiger charge is -2.21. The number of nitrogens with zero attached hydrogens (tertiary/aromatic N) is 2. The van der Waals surface area contributed by atoms with E-state index in [-0.39, 0.29) is 4.90 Å². The first-order valence-electron chi connectivity index (χ1n) is 5.99. The molecule has 0 spiro atoms. The van der Waals surface area contributed by atoms with Crippen LogP contribution in [0.1, 0.15) is 26.7 Å². The summed E-state index contributed by atoms with van der Waals surface area (Å²) in [6.07, 6.45) is 3.00. The van der Waals surface area contributed by atoms with Crippen molar-refractivity contribution in [2.75, 3.05) is 18.5 Å². The smallest absolute Gasteiger partial charge is 0.243 e. The zero-order valence-electron chi connectivity index (χ0n) is 10.8. The number of sulfonamides is 1. The summed E-state index contributed by atoms with van der Waals surface area (Å²) in [7, 11) is -3.46. The van der Waals surface area contributed by atoms with Gasteiger partial charge in [0.1, 0.15) is 5.82 Å². The minimum atomic E-state index is -3.46.